The van der Waals surface area contributed by atoms with Crippen LogP contribution in [0.1, 0.15) is 51.9 Å². The summed E-state index contributed by atoms with van der Waals surface area (Å²) < 4.78 is 5.21. The molecule has 0 bridgehead atoms. The number of ether oxygens (including phenoxy) is 1. The van der Waals surface area contributed by atoms with Gasteiger partial charge in [-0.15, -0.1) is 0 Å². The first-order chi connectivity index (χ1) is 6.77. The summed E-state index contributed by atoms with van der Waals surface area (Å²) in [5.41, 5.74) is 0. The summed E-state index contributed by atoms with van der Waals surface area (Å²) in [6.07, 6.45) is 7.62. The Labute approximate surface area is 87.0 Å². The third-order valence-corrected chi connectivity index (χ3v) is 3.16. The van der Waals surface area contributed by atoms with Crippen molar-refractivity contribution in [3.8, 4) is 0 Å². The molecule has 14 heavy (non-hydrogen) atoms. The molecule has 82 valence electrons. The van der Waals surface area contributed by atoms with Gasteiger partial charge in [-0.3, -0.25) is 4.79 Å². The number of hydrogen-bond acceptors (Lipinski definition) is 2. The number of rotatable bonds is 6. The number of Topliss-reactive ketones (excluding diaryl/α,β-unsaturated/α-hetero) is 1. The highest BCUT2D eigenvalue weighted by atomic mass is 16.5. The summed E-state index contributed by atoms with van der Waals surface area (Å²) in [7, 11) is 1.65. The fourth-order valence-electron chi connectivity index (χ4n) is 2.30. The number of carbonyl (C=O) groups is 1. The molecule has 0 heterocycles. The van der Waals surface area contributed by atoms with Gasteiger partial charge < -0.3 is 4.74 Å². The second kappa shape index (κ2) is 6.18. The van der Waals surface area contributed by atoms with Gasteiger partial charge in [0.05, 0.1) is 0 Å². The highest BCUT2D eigenvalue weighted by Gasteiger charge is 2.23. The van der Waals surface area contributed by atoms with Gasteiger partial charge in [-0.25, -0.2) is 0 Å². The van der Waals surface area contributed by atoms with Crippen molar-refractivity contribution in [1.82, 2.24) is 0 Å². The van der Waals surface area contributed by atoms with Gasteiger partial charge in [0.25, 0.3) is 0 Å². The molecule has 0 aliphatic heterocycles. The van der Waals surface area contributed by atoms with E-state index >= 15 is 0 Å². The Bertz CT molecular complexity index is 171. The maximum atomic E-state index is 11.8. The zero-order valence-corrected chi connectivity index (χ0v) is 9.42. The molecule has 1 aliphatic carbocycles. The van der Waals surface area contributed by atoms with Crippen molar-refractivity contribution in [2.75, 3.05) is 7.11 Å². The fraction of sp³-hybridized carbons (Fsp3) is 0.917. The molecular formula is C12H22O2. The molecule has 1 aliphatic rings. The van der Waals surface area contributed by atoms with E-state index in [0.717, 1.165) is 19.3 Å². The van der Waals surface area contributed by atoms with Crippen LogP contribution in [0.5, 0.6) is 0 Å². The van der Waals surface area contributed by atoms with Crippen LogP contribution < -0.4 is 0 Å². The quantitative estimate of drug-likeness (QED) is 0.656. The van der Waals surface area contributed by atoms with Crippen molar-refractivity contribution in [1.29, 1.82) is 0 Å². The molecule has 0 aromatic carbocycles. The molecular weight excluding hydrogens is 176 g/mol. The number of ketones is 1. The van der Waals surface area contributed by atoms with Gasteiger partial charge in [-0.2, -0.15) is 0 Å². The van der Waals surface area contributed by atoms with Gasteiger partial charge >= 0.3 is 0 Å². The Hall–Kier alpha value is -0.370. The van der Waals surface area contributed by atoms with Crippen molar-refractivity contribution in [2.24, 2.45) is 5.92 Å². The van der Waals surface area contributed by atoms with Crippen LogP contribution in [0.3, 0.4) is 0 Å². The Balaban J connectivity index is 2.30. The maximum absolute atomic E-state index is 11.8. The highest BCUT2D eigenvalue weighted by molar-refractivity contribution is 5.83. The topological polar surface area (TPSA) is 26.3 Å². The monoisotopic (exact) mass is 198 g/mol. The van der Waals surface area contributed by atoms with Crippen LogP contribution in [0.25, 0.3) is 0 Å². The average molecular weight is 198 g/mol. The molecule has 0 amide bonds. The van der Waals surface area contributed by atoms with Crippen LogP contribution in [0.2, 0.25) is 0 Å². The summed E-state index contributed by atoms with van der Waals surface area (Å²) in [5, 5.41) is 0. The van der Waals surface area contributed by atoms with E-state index in [1.54, 1.807) is 7.11 Å². The zero-order chi connectivity index (χ0) is 10.4. The van der Waals surface area contributed by atoms with Crippen LogP contribution in [0, 0.1) is 5.92 Å². The molecule has 1 atom stereocenters. The van der Waals surface area contributed by atoms with Gasteiger partial charge in [0.15, 0.2) is 5.78 Å². The molecule has 0 aromatic rings. The number of hydrogen-bond donors (Lipinski definition) is 0. The van der Waals surface area contributed by atoms with Crippen LogP contribution >= 0.6 is 0 Å². The Morgan fingerprint density at radius 1 is 1.43 bits per heavy atom. The molecule has 0 radical (unpaired) electrons. The van der Waals surface area contributed by atoms with Gasteiger partial charge in [-0.05, 0) is 12.3 Å². The van der Waals surface area contributed by atoms with Crippen LogP contribution in [0.15, 0.2) is 0 Å². The number of methoxy groups -OCH3 is 1. The van der Waals surface area contributed by atoms with Crippen molar-refractivity contribution in [2.45, 2.75) is 58.0 Å². The van der Waals surface area contributed by atoms with Gasteiger partial charge in [0.2, 0.25) is 0 Å². The highest BCUT2D eigenvalue weighted by Crippen LogP contribution is 2.28. The second-order valence-corrected chi connectivity index (χ2v) is 4.33. The van der Waals surface area contributed by atoms with Crippen molar-refractivity contribution in [3.63, 3.8) is 0 Å². The minimum Gasteiger partial charge on any atom is -0.374 e. The van der Waals surface area contributed by atoms with E-state index in [1.807, 2.05) is 0 Å². The largest absolute Gasteiger partial charge is 0.374 e. The summed E-state index contributed by atoms with van der Waals surface area (Å²) >= 11 is 0. The lowest BCUT2D eigenvalue weighted by atomic mass is 9.97. The molecule has 1 saturated carbocycles. The van der Waals surface area contributed by atoms with Gasteiger partial charge in [0, 0.05) is 13.5 Å². The maximum Gasteiger partial charge on any atom is 0.161 e. The third-order valence-electron chi connectivity index (χ3n) is 3.16. The predicted molar refractivity (Wildman–Crippen MR) is 57.3 cm³/mol. The molecule has 0 aromatic heterocycles. The smallest absolute Gasteiger partial charge is 0.161 e. The van der Waals surface area contributed by atoms with E-state index < -0.39 is 0 Å². The Morgan fingerprint density at radius 2 is 2.07 bits per heavy atom. The van der Waals surface area contributed by atoms with Gasteiger partial charge in [-0.1, -0.05) is 39.0 Å². The third kappa shape index (κ3) is 3.41. The Kier molecular flexibility index (Phi) is 5.16. The standard InChI is InChI=1S/C12H22O2/c1-3-6-12(14-2)11(13)9-10-7-4-5-8-10/h10,12H,3-9H2,1-2H3. The van der Waals surface area contributed by atoms with Crippen LogP contribution in [-0.2, 0) is 9.53 Å². The fourth-order valence-corrected chi connectivity index (χ4v) is 2.30. The van der Waals surface area contributed by atoms with Crippen molar-refractivity contribution < 1.29 is 9.53 Å². The lowest BCUT2D eigenvalue weighted by molar-refractivity contribution is -0.130. The van der Waals surface area contributed by atoms with E-state index in [4.69, 9.17) is 4.74 Å². The van der Waals surface area contributed by atoms with Crippen molar-refractivity contribution >= 4 is 5.78 Å². The molecule has 2 heteroatoms. The first-order valence-electron chi connectivity index (χ1n) is 5.83. The first-order valence-corrected chi connectivity index (χ1v) is 5.83. The minimum atomic E-state index is -0.138. The van der Waals surface area contributed by atoms with Gasteiger partial charge in [0.1, 0.15) is 6.10 Å². The molecule has 2 nitrogen and oxygen atoms in total. The SMILES string of the molecule is CCCC(OC)C(=O)CC1CCCC1. The molecule has 0 saturated heterocycles. The van der Waals surface area contributed by atoms with E-state index in [9.17, 15) is 4.79 Å². The lowest BCUT2D eigenvalue weighted by Gasteiger charge is -2.15. The van der Waals surface area contributed by atoms with E-state index in [0.29, 0.717) is 11.7 Å². The molecule has 1 unspecified atom stereocenters. The second-order valence-electron chi connectivity index (χ2n) is 4.33. The van der Waals surface area contributed by atoms with Crippen molar-refractivity contribution in [3.05, 3.63) is 0 Å². The first kappa shape index (κ1) is 11.7. The lowest BCUT2D eigenvalue weighted by Crippen LogP contribution is -2.24. The zero-order valence-electron chi connectivity index (χ0n) is 9.42. The summed E-state index contributed by atoms with van der Waals surface area (Å²) in [5.74, 6) is 0.971. The predicted octanol–water partition coefficient (Wildman–Crippen LogP) is 2.95. The molecule has 0 spiro atoms. The molecule has 1 fully saturated rings. The van der Waals surface area contributed by atoms with E-state index in [-0.39, 0.29) is 6.10 Å². The van der Waals surface area contributed by atoms with E-state index in [2.05, 4.69) is 6.92 Å². The van der Waals surface area contributed by atoms with Crippen LogP contribution in [0.4, 0.5) is 0 Å². The molecule has 0 N–H and O–H groups in total. The summed E-state index contributed by atoms with van der Waals surface area (Å²) in [6, 6.07) is 0. The normalized spacial score (nSPS) is 19.9. The summed E-state index contributed by atoms with van der Waals surface area (Å²) in [4.78, 5) is 11.8. The van der Waals surface area contributed by atoms with Crippen LogP contribution in [-0.4, -0.2) is 19.0 Å². The van der Waals surface area contributed by atoms with E-state index in [1.165, 1.54) is 25.7 Å². The summed E-state index contributed by atoms with van der Waals surface area (Å²) in [6.45, 7) is 2.09. The number of carbonyl (C=O) groups excluding carboxylic acids is 1. The minimum absolute atomic E-state index is 0.138. The molecule has 1 rings (SSSR count). The average Bonchev–Trinajstić information content (AvgIpc) is 2.66. The Morgan fingerprint density at radius 3 is 2.57 bits per heavy atom.